The van der Waals surface area contributed by atoms with Crippen LogP contribution in [0.4, 0.5) is 4.79 Å². The van der Waals surface area contributed by atoms with Crippen LogP contribution in [-0.2, 0) is 9.53 Å². The van der Waals surface area contributed by atoms with Crippen LogP contribution >= 0.6 is 0 Å². The topological polar surface area (TPSA) is 70.7 Å². The molecule has 0 bridgehead atoms. The number of ether oxygens (including phenoxy) is 1. The average Bonchev–Trinajstić information content (AvgIpc) is 2.29. The van der Waals surface area contributed by atoms with Crippen molar-refractivity contribution in [3.8, 4) is 0 Å². The molecular formula is C15H31N3O3. The van der Waals surface area contributed by atoms with Crippen molar-refractivity contribution in [3.63, 3.8) is 0 Å². The summed E-state index contributed by atoms with van der Waals surface area (Å²) >= 11 is 0. The molecule has 2 N–H and O–H groups in total. The molecule has 6 heteroatoms. The third-order valence-corrected chi connectivity index (χ3v) is 2.85. The molecule has 0 rings (SSSR count). The Hall–Kier alpha value is -1.30. The molecule has 6 nitrogen and oxygen atoms in total. The minimum Gasteiger partial charge on any atom is -0.444 e. The molecule has 0 aromatic carbocycles. The van der Waals surface area contributed by atoms with E-state index in [-0.39, 0.29) is 23.6 Å². The van der Waals surface area contributed by atoms with Crippen molar-refractivity contribution in [3.05, 3.63) is 0 Å². The molecule has 0 radical (unpaired) electrons. The standard InChI is InChI=1S/C15H31N3O3/c1-11(12(19)16-8)17-9-10-18(14(2,3)4)13(20)21-15(5,6)7/h11,17H,9-10H2,1-8H3,(H,16,19). The molecular weight excluding hydrogens is 270 g/mol. The molecule has 124 valence electrons. The first-order chi connectivity index (χ1) is 9.38. The predicted molar refractivity (Wildman–Crippen MR) is 84.2 cm³/mol. The van der Waals surface area contributed by atoms with Crippen LogP contribution in [0.15, 0.2) is 0 Å². The van der Waals surface area contributed by atoms with E-state index in [1.807, 2.05) is 41.5 Å². The molecule has 0 heterocycles. The van der Waals surface area contributed by atoms with E-state index in [1.54, 1.807) is 18.9 Å². The second kappa shape index (κ2) is 7.64. The first-order valence-electron chi connectivity index (χ1n) is 7.34. The third-order valence-electron chi connectivity index (χ3n) is 2.85. The van der Waals surface area contributed by atoms with Crippen LogP contribution in [0.25, 0.3) is 0 Å². The Labute approximate surface area is 128 Å². The maximum absolute atomic E-state index is 12.3. The van der Waals surface area contributed by atoms with Gasteiger partial charge in [0.15, 0.2) is 0 Å². The molecule has 1 unspecified atom stereocenters. The largest absolute Gasteiger partial charge is 0.444 e. The average molecular weight is 301 g/mol. The van der Waals surface area contributed by atoms with Gasteiger partial charge in [-0.3, -0.25) is 4.79 Å². The second-order valence-corrected chi connectivity index (χ2v) is 7.09. The summed E-state index contributed by atoms with van der Waals surface area (Å²) in [7, 11) is 1.60. The summed E-state index contributed by atoms with van der Waals surface area (Å²) in [6, 6.07) is -0.296. The molecule has 0 saturated heterocycles. The van der Waals surface area contributed by atoms with Gasteiger partial charge in [-0.05, 0) is 48.5 Å². The van der Waals surface area contributed by atoms with E-state index >= 15 is 0 Å². The monoisotopic (exact) mass is 301 g/mol. The Balaban J connectivity index is 4.60. The van der Waals surface area contributed by atoms with Gasteiger partial charge in [0.05, 0.1) is 6.04 Å². The SMILES string of the molecule is CNC(=O)C(C)NCCN(C(=O)OC(C)(C)C)C(C)(C)C. The highest BCUT2D eigenvalue weighted by Gasteiger charge is 2.30. The number of likely N-dealkylation sites (N-methyl/N-ethyl adjacent to an activating group) is 1. The minimum absolute atomic E-state index is 0.0745. The van der Waals surface area contributed by atoms with Crippen LogP contribution in [0.5, 0.6) is 0 Å². The van der Waals surface area contributed by atoms with E-state index in [9.17, 15) is 9.59 Å². The Bertz CT molecular complexity index is 356. The maximum Gasteiger partial charge on any atom is 0.410 e. The van der Waals surface area contributed by atoms with Gasteiger partial charge in [-0.1, -0.05) is 0 Å². The zero-order valence-corrected chi connectivity index (χ0v) is 14.7. The Morgan fingerprint density at radius 3 is 2.05 bits per heavy atom. The lowest BCUT2D eigenvalue weighted by atomic mass is 10.1. The van der Waals surface area contributed by atoms with Crippen molar-refractivity contribution >= 4 is 12.0 Å². The molecule has 0 fully saturated rings. The van der Waals surface area contributed by atoms with Crippen LogP contribution in [0, 0.1) is 0 Å². The van der Waals surface area contributed by atoms with E-state index in [0.717, 1.165) is 0 Å². The van der Waals surface area contributed by atoms with Crippen molar-refractivity contribution in [1.82, 2.24) is 15.5 Å². The summed E-state index contributed by atoms with van der Waals surface area (Å²) in [5.74, 6) is -0.0745. The summed E-state index contributed by atoms with van der Waals surface area (Å²) in [6.45, 7) is 14.2. The van der Waals surface area contributed by atoms with Crippen LogP contribution in [-0.4, -0.2) is 54.2 Å². The van der Waals surface area contributed by atoms with Crippen molar-refractivity contribution in [1.29, 1.82) is 0 Å². The van der Waals surface area contributed by atoms with Crippen molar-refractivity contribution in [2.75, 3.05) is 20.1 Å². The highest BCUT2D eigenvalue weighted by Crippen LogP contribution is 2.17. The predicted octanol–water partition coefficient (Wildman–Crippen LogP) is 1.75. The van der Waals surface area contributed by atoms with Crippen LogP contribution < -0.4 is 10.6 Å². The number of rotatable bonds is 5. The van der Waals surface area contributed by atoms with E-state index < -0.39 is 5.60 Å². The lowest BCUT2D eigenvalue weighted by Gasteiger charge is -2.37. The van der Waals surface area contributed by atoms with Crippen molar-refractivity contribution in [2.45, 2.75) is 65.6 Å². The number of nitrogens with one attached hydrogen (secondary N) is 2. The molecule has 0 aliphatic heterocycles. The van der Waals surface area contributed by atoms with Gasteiger partial charge >= 0.3 is 6.09 Å². The number of nitrogens with zero attached hydrogens (tertiary/aromatic N) is 1. The fourth-order valence-electron chi connectivity index (χ4n) is 1.72. The number of carbonyl (C=O) groups is 2. The highest BCUT2D eigenvalue weighted by molar-refractivity contribution is 5.80. The zero-order valence-electron chi connectivity index (χ0n) is 14.7. The summed E-state index contributed by atoms with van der Waals surface area (Å²) in [6.07, 6.45) is -0.343. The van der Waals surface area contributed by atoms with Gasteiger partial charge in [0.2, 0.25) is 5.91 Å². The Morgan fingerprint density at radius 1 is 1.14 bits per heavy atom. The zero-order chi connectivity index (χ0) is 16.8. The molecule has 0 saturated carbocycles. The Morgan fingerprint density at radius 2 is 1.67 bits per heavy atom. The first-order valence-corrected chi connectivity index (χ1v) is 7.34. The van der Waals surface area contributed by atoms with Crippen LogP contribution in [0.1, 0.15) is 48.5 Å². The van der Waals surface area contributed by atoms with Gasteiger partial charge in [-0.15, -0.1) is 0 Å². The fourth-order valence-corrected chi connectivity index (χ4v) is 1.72. The van der Waals surface area contributed by atoms with Gasteiger partial charge in [-0.2, -0.15) is 0 Å². The molecule has 0 spiro atoms. The van der Waals surface area contributed by atoms with E-state index in [0.29, 0.717) is 13.1 Å². The molecule has 0 aromatic heterocycles. The van der Waals surface area contributed by atoms with Gasteiger partial charge in [0.25, 0.3) is 0 Å². The second-order valence-electron chi connectivity index (χ2n) is 7.09. The first kappa shape index (κ1) is 19.7. The summed E-state index contributed by atoms with van der Waals surface area (Å²) in [4.78, 5) is 25.4. The third kappa shape index (κ3) is 7.90. The van der Waals surface area contributed by atoms with Crippen LogP contribution in [0.3, 0.4) is 0 Å². The van der Waals surface area contributed by atoms with Gasteiger partial charge < -0.3 is 20.3 Å². The van der Waals surface area contributed by atoms with Gasteiger partial charge in [0.1, 0.15) is 5.60 Å². The van der Waals surface area contributed by atoms with Crippen LogP contribution in [0.2, 0.25) is 0 Å². The van der Waals surface area contributed by atoms with Crippen molar-refractivity contribution in [2.24, 2.45) is 0 Å². The normalized spacial score (nSPS) is 13.5. The molecule has 2 amide bonds. The van der Waals surface area contributed by atoms with E-state index in [4.69, 9.17) is 4.74 Å². The quantitative estimate of drug-likeness (QED) is 0.811. The molecule has 0 aliphatic carbocycles. The molecule has 0 aromatic rings. The Kier molecular flexibility index (Phi) is 7.16. The lowest BCUT2D eigenvalue weighted by Crippen LogP contribution is -2.51. The molecule has 0 aliphatic rings. The van der Waals surface area contributed by atoms with Crippen molar-refractivity contribution < 1.29 is 14.3 Å². The lowest BCUT2D eigenvalue weighted by molar-refractivity contribution is -0.122. The fraction of sp³-hybridized carbons (Fsp3) is 0.867. The highest BCUT2D eigenvalue weighted by atomic mass is 16.6. The number of hydrogen-bond acceptors (Lipinski definition) is 4. The van der Waals surface area contributed by atoms with Gasteiger partial charge in [0, 0.05) is 25.7 Å². The number of amides is 2. The van der Waals surface area contributed by atoms with Gasteiger partial charge in [-0.25, -0.2) is 4.79 Å². The van der Waals surface area contributed by atoms with E-state index in [2.05, 4.69) is 10.6 Å². The summed E-state index contributed by atoms with van der Waals surface area (Å²) in [5, 5.41) is 5.67. The summed E-state index contributed by atoms with van der Waals surface area (Å²) in [5.41, 5.74) is -0.871. The maximum atomic E-state index is 12.3. The van der Waals surface area contributed by atoms with E-state index in [1.165, 1.54) is 0 Å². The number of carbonyl (C=O) groups excluding carboxylic acids is 2. The smallest absolute Gasteiger partial charge is 0.410 e. The molecule has 21 heavy (non-hydrogen) atoms. The minimum atomic E-state index is -0.524. The summed E-state index contributed by atoms with van der Waals surface area (Å²) < 4.78 is 5.43. The molecule has 1 atom stereocenters. The number of hydrogen-bond donors (Lipinski definition) is 2.